The van der Waals surface area contributed by atoms with Gasteiger partial charge in [-0.25, -0.2) is 4.98 Å². The number of aromatic nitrogens is 1. The van der Waals surface area contributed by atoms with E-state index >= 15 is 0 Å². The standard InChI is InChI=1S/C10H8BrN3OS/c11-7-3-1-6(2-4-7)8-5-16-10(13-8)9(12)14-15/h1-5,15H,(H2,12,14). The fourth-order valence-corrected chi connectivity index (χ4v) is 2.18. The Morgan fingerprint density at radius 3 is 2.69 bits per heavy atom. The first-order valence-corrected chi connectivity index (χ1v) is 6.07. The van der Waals surface area contributed by atoms with E-state index in [9.17, 15) is 0 Å². The Morgan fingerprint density at radius 1 is 1.38 bits per heavy atom. The molecule has 2 rings (SSSR count). The number of nitrogens with two attached hydrogens (primary N) is 1. The van der Waals surface area contributed by atoms with Crippen LogP contribution in [0.1, 0.15) is 5.01 Å². The second-order valence-corrected chi connectivity index (χ2v) is 4.80. The van der Waals surface area contributed by atoms with Crippen LogP contribution in [-0.4, -0.2) is 16.0 Å². The average molecular weight is 298 g/mol. The van der Waals surface area contributed by atoms with Crippen molar-refractivity contribution in [3.8, 4) is 11.3 Å². The highest BCUT2D eigenvalue weighted by Gasteiger charge is 2.07. The van der Waals surface area contributed by atoms with E-state index in [-0.39, 0.29) is 5.84 Å². The van der Waals surface area contributed by atoms with E-state index in [1.165, 1.54) is 11.3 Å². The lowest BCUT2D eigenvalue weighted by molar-refractivity contribution is 0.318. The number of nitrogens with zero attached hydrogens (tertiary/aromatic N) is 2. The number of amidine groups is 1. The van der Waals surface area contributed by atoms with Crippen molar-refractivity contribution in [1.82, 2.24) is 4.98 Å². The Bertz CT molecular complexity index is 521. The van der Waals surface area contributed by atoms with Gasteiger partial charge in [-0.2, -0.15) is 0 Å². The van der Waals surface area contributed by atoms with Gasteiger partial charge in [-0.1, -0.05) is 33.2 Å². The predicted octanol–water partition coefficient (Wildman–Crippen LogP) is 2.67. The van der Waals surface area contributed by atoms with E-state index in [2.05, 4.69) is 26.1 Å². The first kappa shape index (κ1) is 11.1. The van der Waals surface area contributed by atoms with E-state index in [0.717, 1.165) is 15.7 Å². The Balaban J connectivity index is 2.35. The largest absolute Gasteiger partial charge is 0.409 e. The molecule has 0 radical (unpaired) electrons. The minimum Gasteiger partial charge on any atom is -0.409 e. The summed E-state index contributed by atoms with van der Waals surface area (Å²) in [5, 5.41) is 13.8. The third-order valence-electron chi connectivity index (χ3n) is 1.97. The molecule has 0 saturated carbocycles. The zero-order chi connectivity index (χ0) is 11.5. The molecular weight excluding hydrogens is 290 g/mol. The maximum atomic E-state index is 8.53. The summed E-state index contributed by atoms with van der Waals surface area (Å²) in [5.74, 6) is 0.0355. The maximum Gasteiger partial charge on any atom is 0.199 e. The molecule has 2 aromatic rings. The molecule has 0 saturated heterocycles. The van der Waals surface area contributed by atoms with Crippen LogP contribution in [0.15, 0.2) is 39.3 Å². The van der Waals surface area contributed by atoms with Gasteiger partial charge in [-0.3, -0.25) is 0 Å². The lowest BCUT2D eigenvalue weighted by Gasteiger charge is -1.96. The van der Waals surface area contributed by atoms with Crippen LogP contribution in [0.3, 0.4) is 0 Å². The molecular formula is C10H8BrN3OS. The van der Waals surface area contributed by atoms with Crippen molar-refractivity contribution in [2.75, 3.05) is 0 Å². The first-order valence-electron chi connectivity index (χ1n) is 4.40. The molecule has 1 aromatic heterocycles. The van der Waals surface area contributed by atoms with Crippen molar-refractivity contribution in [2.24, 2.45) is 10.9 Å². The van der Waals surface area contributed by atoms with Crippen LogP contribution >= 0.6 is 27.3 Å². The highest BCUT2D eigenvalue weighted by Crippen LogP contribution is 2.23. The SMILES string of the molecule is NC(=NO)c1nc(-c2ccc(Br)cc2)cs1. The molecule has 0 amide bonds. The van der Waals surface area contributed by atoms with Crippen molar-refractivity contribution in [2.45, 2.75) is 0 Å². The van der Waals surface area contributed by atoms with Gasteiger partial charge in [0.15, 0.2) is 10.8 Å². The van der Waals surface area contributed by atoms with E-state index in [0.29, 0.717) is 5.01 Å². The second-order valence-electron chi connectivity index (χ2n) is 3.03. The second kappa shape index (κ2) is 4.63. The fourth-order valence-electron chi connectivity index (χ4n) is 1.19. The van der Waals surface area contributed by atoms with Gasteiger partial charge in [0, 0.05) is 15.4 Å². The quantitative estimate of drug-likeness (QED) is 0.387. The number of hydrogen-bond donors (Lipinski definition) is 2. The van der Waals surface area contributed by atoms with Gasteiger partial charge >= 0.3 is 0 Å². The van der Waals surface area contributed by atoms with E-state index < -0.39 is 0 Å². The van der Waals surface area contributed by atoms with Crippen molar-refractivity contribution in [1.29, 1.82) is 0 Å². The number of hydrogen-bond acceptors (Lipinski definition) is 4. The molecule has 6 heteroatoms. The monoisotopic (exact) mass is 297 g/mol. The molecule has 3 N–H and O–H groups in total. The average Bonchev–Trinajstić information content (AvgIpc) is 2.78. The van der Waals surface area contributed by atoms with Crippen LogP contribution in [-0.2, 0) is 0 Å². The molecule has 0 atom stereocenters. The summed E-state index contributed by atoms with van der Waals surface area (Å²) >= 11 is 4.71. The van der Waals surface area contributed by atoms with Gasteiger partial charge in [-0.05, 0) is 12.1 Å². The number of halogens is 1. The summed E-state index contributed by atoms with van der Waals surface area (Å²) in [7, 11) is 0. The van der Waals surface area contributed by atoms with Gasteiger partial charge in [0.1, 0.15) is 0 Å². The lowest BCUT2D eigenvalue weighted by Crippen LogP contribution is -2.12. The number of oxime groups is 1. The molecule has 0 bridgehead atoms. The number of benzene rings is 1. The topological polar surface area (TPSA) is 71.5 Å². The Morgan fingerprint density at radius 2 is 2.06 bits per heavy atom. The van der Waals surface area contributed by atoms with Crippen LogP contribution in [0.4, 0.5) is 0 Å². The van der Waals surface area contributed by atoms with Gasteiger partial charge in [-0.15, -0.1) is 11.3 Å². The normalized spacial score (nSPS) is 11.7. The molecule has 1 heterocycles. The third kappa shape index (κ3) is 2.23. The van der Waals surface area contributed by atoms with Crippen molar-refractivity contribution >= 4 is 33.1 Å². The minimum atomic E-state index is 0.0355. The molecule has 0 aliphatic rings. The van der Waals surface area contributed by atoms with Crippen molar-refractivity contribution < 1.29 is 5.21 Å². The van der Waals surface area contributed by atoms with Crippen LogP contribution in [0.2, 0.25) is 0 Å². The smallest absolute Gasteiger partial charge is 0.199 e. The van der Waals surface area contributed by atoms with Gasteiger partial charge in [0.2, 0.25) is 0 Å². The molecule has 0 unspecified atom stereocenters. The predicted molar refractivity (Wildman–Crippen MR) is 67.8 cm³/mol. The maximum absolute atomic E-state index is 8.53. The zero-order valence-electron chi connectivity index (χ0n) is 8.09. The molecule has 16 heavy (non-hydrogen) atoms. The molecule has 0 aliphatic carbocycles. The van der Waals surface area contributed by atoms with Gasteiger partial charge in [0.05, 0.1) is 5.69 Å². The Kier molecular flexibility index (Phi) is 3.21. The molecule has 82 valence electrons. The number of thiazole rings is 1. The fraction of sp³-hybridized carbons (Fsp3) is 0. The van der Waals surface area contributed by atoms with Crippen molar-refractivity contribution in [3.05, 3.63) is 39.1 Å². The summed E-state index contributed by atoms with van der Waals surface area (Å²) in [6.07, 6.45) is 0. The summed E-state index contributed by atoms with van der Waals surface area (Å²) in [4.78, 5) is 4.27. The van der Waals surface area contributed by atoms with E-state index in [1.54, 1.807) is 0 Å². The minimum absolute atomic E-state index is 0.0355. The summed E-state index contributed by atoms with van der Waals surface area (Å²) in [5.41, 5.74) is 7.27. The molecule has 0 aliphatic heterocycles. The van der Waals surface area contributed by atoms with E-state index in [1.807, 2.05) is 29.6 Å². The van der Waals surface area contributed by atoms with Gasteiger partial charge < -0.3 is 10.9 Å². The molecule has 4 nitrogen and oxygen atoms in total. The van der Waals surface area contributed by atoms with E-state index in [4.69, 9.17) is 10.9 Å². The summed E-state index contributed by atoms with van der Waals surface area (Å²) in [6.45, 7) is 0. The Labute approximate surface area is 105 Å². The van der Waals surface area contributed by atoms with Crippen LogP contribution < -0.4 is 5.73 Å². The summed E-state index contributed by atoms with van der Waals surface area (Å²) in [6, 6.07) is 7.79. The molecule has 0 fully saturated rings. The summed E-state index contributed by atoms with van der Waals surface area (Å²) < 4.78 is 1.02. The zero-order valence-corrected chi connectivity index (χ0v) is 10.5. The van der Waals surface area contributed by atoms with Crippen LogP contribution in [0, 0.1) is 0 Å². The first-order chi connectivity index (χ1) is 7.70. The molecule has 1 aromatic carbocycles. The Hall–Kier alpha value is -1.40. The number of rotatable bonds is 2. The molecule has 0 spiro atoms. The van der Waals surface area contributed by atoms with Crippen molar-refractivity contribution in [3.63, 3.8) is 0 Å². The van der Waals surface area contributed by atoms with Crippen LogP contribution in [0.25, 0.3) is 11.3 Å². The highest BCUT2D eigenvalue weighted by atomic mass is 79.9. The van der Waals surface area contributed by atoms with Gasteiger partial charge in [0.25, 0.3) is 0 Å². The lowest BCUT2D eigenvalue weighted by atomic mass is 10.2. The highest BCUT2D eigenvalue weighted by molar-refractivity contribution is 9.10. The van der Waals surface area contributed by atoms with Crippen LogP contribution in [0.5, 0.6) is 0 Å². The third-order valence-corrected chi connectivity index (χ3v) is 3.36.